The van der Waals surface area contributed by atoms with E-state index in [-0.39, 0.29) is 24.3 Å². The highest BCUT2D eigenvalue weighted by Crippen LogP contribution is 2.20. The Labute approximate surface area is 236 Å². The van der Waals surface area contributed by atoms with E-state index in [1.807, 2.05) is 12.1 Å². The molecule has 3 amide bonds. The fraction of sp³-hybridized carbons (Fsp3) is 0.231. The molecule has 0 radical (unpaired) electrons. The Balaban J connectivity index is 1.59. The number of benzene rings is 2. The molecule has 2 aromatic carbocycles. The van der Waals surface area contributed by atoms with Crippen molar-refractivity contribution < 1.29 is 14.4 Å². The van der Waals surface area contributed by atoms with Gasteiger partial charge in [-0.05, 0) is 54.6 Å². The summed E-state index contributed by atoms with van der Waals surface area (Å²) >= 11 is 11.8. The van der Waals surface area contributed by atoms with E-state index in [0.29, 0.717) is 53.2 Å². The van der Waals surface area contributed by atoms with Crippen molar-refractivity contribution >= 4 is 69.6 Å². The van der Waals surface area contributed by atoms with Crippen LogP contribution in [-0.2, 0) is 11.8 Å². The third-order valence-corrected chi connectivity index (χ3v) is 5.87. The molecule has 0 bridgehead atoms. The Morgan fingerprint density at radius 2 is 1.41 bits per heavy atom. The topological polar surface area (TPSA) is 160 Å². The second kappa shape index (κ2) is 14.1. The molecule has 13 heteroatoms. The number of aromatic nitrogens is 1. The molecule has 7 N–H and O–H groups in total. The average Bonchev–Trinajstić information content (AvgIpc) is 3.28. The molecule has 0 atom stereocenters. The van der Waals surface area contributed by atoms with E-state index in [4.69, 9.17) is 34.7 Å². The van der Waals surface area contributed by atoms with Gasteiger partial charge in [0.1, 0.15) is 12.2 Å². The molecule has 1 aromatic heterocycles. The Bertz CT molecular complexity index is 1310. The molecular weight excluding hydrogens is 543 g/mol. The van der Waals surface area contributed by atoms with Crippen molar-refractivity contribution in [3.05, 3.63) is 72.1 Å². The normalized spacial score (nSPS) is 10.4. The van der Waals surface area contributed by atoms with Gasteiger partial charge in [-0.1, -0.05) is 0 Å². The molecule has 0 saturated heterocycles. The molecule has 39 heavy (non-hydrogen) atoms. The van der Waals surface area contributed by atoms with Gasteiger partial charge in [-0.2, -0.15) is 0 Å². The van der Waals surface area contributed by atoms with Crippen molar-refractivity contribution in [3.8, 4) is 0 Å². The molecule has 206 valence electrons. The van der Waals surface area contributed by atoms with Crippen LogP contribution in [0.5, 0.6) is 0 Å². The molecule has 0 spiro atoms. The number of aryl methyl sites for hydroxylation is 1. The molecule has 0 saturated carbocycles. The first-order valence-electron chi connectivity index (χ1n) is 11.9. The monoisotopic (exact) mass is 572 g/mol. The maximum Gasteiger partial charge on any atom is 0.272 e. The van der Waals surface area contributed by atoms with Crippen LogP contribution >= 0.6 is 23.2 Å². The first kappa shape index (κ1) is 29.3. The van der Waals surface area contributed by atoms with Crippen LogP contribution < -0.4 is 32.3 Å². The highest BCUT2D eigenvalue weighted by Gasteiger charge is 2.15. The molecule has 0 aliphatic rings. The third kappa shape index (κ3) is 8.66. The SMILES string of the molecule is Cn1cc(NC(=O)c2ccc(NC(=O)CN=C(N)N)cc2)cc1C(=O)Nc1ccc(N(CCCl)CCCl)cc1. The molecule has 0 unspecified atom stereocenters. The van der Waals surface area contributed by atoms with E-state index in [1.165, 1.54) is 0 Å². The summed E-state index contributed by atoms with van der Waals surface area (Å²) in [5.74, 6) is -0.322. The third-order valence-electron chi connectivity index (χ3n) is 5.53. The number of halogens is 2. The predicted molar refractivity (Wildman–Crippen MR) is 157 cm³/mol. The van der Waals surface area contributed by atoms with Gasteiger partial charge >= 0.3 is 0 Å². The molecule has 0 aliphatic heterocycles. The summed E-state index contributed by atoms with van der Waals surface area (Å²) in [5.41, 5.74) is 13.7. The number of carbonyl (C=O) groups is 3. The molecule has 3 aromatic rings. The number of aliphatic imine (C=N–C) groups is 1. The first-order valence-corrected chi connectivity index (χ1v) is 13.0. The van der Waals surface area contributed by atoms with Crippen molar-refractivity contribution in [2.75, 3.05) is 52.2 Å². The number of nitrogens with one attached hydrogen (secondary N) is 3. The van der Waals surface area contributed by atoms with Crippen LogP contribution in [0.3, 0.4) is 0 Å². The molecule has 0 aliphatic carbocycles. The zero-order valence-corrected chi connectivity index (χ0v) is 22.8. The summed E-state index contributed by atoms with van der Waals surface area (Å²) in [5, 5.41) is 8.27. The molecule has 3 rings (SSSR count). The largest absolute Gasteiger partial charge is 0.370 e. The van der Waals surface area contributed by atoms with Gasteiger partial charge in [-0.3, -0.25) is 14.4 Å². The Kier molecular flexibility index (Phi) is 10.6. The summed E-state index contributed by atoms with van der Waals surface area (Å²) in [6, 6.07) is 15.3. The average molecular weight is 573 g/mol. The lowest BCUT2D eigenvalue weighted by atomic mass is 10.2. The van der Waals surface area contributed by atoms with Crippen molar-refractivity contribution in [1.82, 2.24) is 4.57 Å². The minimum Gasteiger partial charge on any atom is -0.370 e. The minimum absolute atomic E-state index is 0.180. The maximum atomic E-state index is 12.9. The van der Waals surface area contributed by atoms with Crippen LogP contribution in [0, 0.1) is 0 Å². The fourth-order valence-electron chi connectivity index (χ4n) is 3.66. The zero-order valence-electron chi connectivity index (χ0n) is 21.3. The summed E-state index contributed by atoms with van der Waals surface area (Å²) in [4.78, 5) is 43.1. The zero-order chi connectivity index (χ0) is 28.4. The minimum atomic E-state index is -0.397. The van der Waals surface area contributed by atoms with E-state index in [1.54, 1.807) is 60.3 Å². The second-order valence-corrected chi connectivity index (χ2v) is 9.17. The fourth-order valence-corrected chi connectivity index (χ4v) is 4.06. The van der Waals surface area contributed by atoms with Crippen LogP contribution in [0.4, 0.5) is 22.7 Å². The quantitative estimate of drug-likeness (QED) is 0.127. The number of hydrogen-bond donors (Lipinski definition) is 5. The highest BCUT2D eigenvalue weighted by atomic mass is 35.5. The summed E-state index contributed by atoms with van der Waals surface area (Å²) in [6.45, 7) is 1.12. The van der Waals surface area contributed by atoms with Crippen LogP contribution in [0.1, 0.15) is 20.8 Å². The summed E-state index contributed by atoms with van der Waals surface area (Å²) < 4.78 is 1.62. The Morgan fingerprint density at radius 3 is 2.00 bits per heavy atom. The molecular formula is C26H30Cl2N8O3. The van der Waals surface area contributed by atoms with E-state index < -0.39 is 5.91 Å². The molecule has 0 fully saturated rings. The van der Waals surface area contributed by atoms with Crippen LogP contribution in [-0.4, -0.2) is 59.6 Å². The van der Waals surface area contributed by atoms with Crippen LogP contribution in [0.2, 0.25) is 0 Å². The highest BCUT2D eigenvalue weighted by molar-refractivity contribution is 6.18. The van der Waals surface area contributed by atoms with Crippen LogP contribution in [0.15, 0.2) is 65.8 Å². The summed E-state index contributed by atoms with van der Waals surface area (Å²) in [6.07, 6.45) is 1.64. The number of hydrogen-bond acceptors (Lipinski definition) is 5. The lowest BCUT2D eigenvalue weighted by Crippen LogP contribution is -2.27. The summed E-state index contributed by atoms with van der Waals surface area (Å²) in [7, 11) is 1.71. The molecule has 11 nitrogen and oxygen atoms in total. The Morgan fingerprint density at radius 1 is 0.846 bits per heavy atom. The predicted octanol–water partition coefficient (Wildman–Crippen LogP) is 3.03. The first-order chi connectivity index (χ1) is 18.7. The number of amides is 3. The second-order valence-electron chi connectivity index (χ2n) is 8.41. The van der Waals surface area contributed by atoms with Gasteiger partial charge in [0.15, 0.2) is 5.96 Å². The number of anilines is 4. The lowest BCUT2D eigenvalue weighted by Gasteiger charge is -2.23. The van der Waals surface area contributed by atoms with Gasteiger partial charge in [0.05, 0.1) is 5.69 Å². The van der Waals surface area contributed by atoms with E-state index in [9.17, 15) is 14.4 Å². The van der Waals surface area contributed by atoms with E-state index >= 15 is 0 Å². The standard InChI is InChI=1S/C26H30Cl2N8O3/c1-35-16-20(34-24(38)17-2-4-18(5-3-17)32-23(37)15-31-26(29)30)14-22(35)25(39)33-19-6-8-21(9-7-19)36(12-10-27)13-11-28/h2-9,14,16H,10-13,15H2,1H3,(H,32,37)(H,33,39)(H,34,38)(H4,29,30,31). The van der Waals surface area contributed by atoms with Gasteiger partial charge in [-0.25, -0.2) is 4.99 Å². The number of carbonyl (C=O) groups excluding carboxylic acids is 3. The van der Waals surface area contributed by atoms with E-state index in [2.05, 4.69) is 25.8 Å². The van der Waals surface area contributed by atoms with Gasteiger partial charge in [0, 0.05) is 60.7 Å². The van der Waals surface area contributed by atoms with Gasteiger partial charge in [0.25, 0.3) is 11.8 Å². The van der Waals surface area contributed by atoms with Crippen molar-refractivity contribution in [1.29, 1.82) is 0 Å². The number of nitrogens with zero attached hydrogens (tertiary/aromatic N) is 3. The van der Waals surface area contributed by atoms with Gasteiger partial charge in [-0.15, -0.1) is 23.2 Å². The number of rotatable bonds is 12. The number of alkyl halides is 2. The van der Waals surface area contributed by atoms with Gasteiger partial charge < -0.3 is 36.9 Å². The van der Waals surface area contributed by atoms with Crippen LogP contribution in [0.25, 0.3) is 0 Å². The van der Waals surface area contributed by atoms with Gasteiger partial charge in [0.2, 0.25) is 5.91 Å². The van der Waals surface area contributed by atoms with Crippen molar-refractivity contribution in [2.45, 2.75) is 0 Å². The van der Waals surface area contributed by atoms with Crippen molar-refractivity contribution in [2.24, 2.45) is 23.5 Å². The molecule has 1 heterocycles. The number of guanidine groups is 1. The van der Waals surface area contributed by atoms with Crippen molar-refractivity contribution in [3.63, 3.8) is 0 Å². The smallest absolute Gasteiger partial charge is 0.272 e. The number of nitrogens with two attached hydrogens (primary N) is 2. The lowest BCUT2D eigenvalue weighted by molar-refractivity contribution is -0.114. The van der Waals surface area contributed by atoms with E-state index in [0.717, 1.165) is 5.69 Å². The maximum absolute atomic E-state index is 12.9. The Hall–Kier alpha value is -4.22.